The molecule has 19 heavy (non-hydrogen) atoms. The van der Waals surface area contributed by atoms with Crippen LogP contribution in [-0.2, 0) is 11.0 Å². The predicted octanol–water partition coefficient (Wildman–Crippen LogP) is 3.52. The van der Waals surface area contributed by atoms with E-state index in [9.17, 15) is 18.0 Å². The molecule has 1 rings (SSSR count). The Hall–Kier alpha value is -1.43. The molecule has 0 bridgehead atoms. The zero-order chi connectivity index (χ0) is 14.8. The Balaban J connectivity index is 3.09. The average molecular weight is 296 g/mol. The maximum Gasteiger partial charge on any atom is 0.418 e. The Morgan fingerprint density at radius 2 is 2.05 bits per heavy atom. The van der Waals surface area contributed by atoms with Crippen molar-refractivity contribution in [3.05, 3.63) is 28.8 Å². The lowest BCUT2D eigenvalue weighted by Crippen LogP contribution is -2.30. The number of carbonyl (C=O) groups is 1. The zero-order valence-electron chi connectivity index (χ0n) is 10.3. The molecule has 0 aromatic heterocycles. The number of hydrogen-bond donors (Lipinski definition) is 1. The summed E-state index contributed by atoms with van der Waals surface area (Å²) in [5.74, 6) is -1.84. The fourth-order valence-corrected chi connectivity index (χ4v) is 1.83. The van der Waals surface area contributed by atoms with E-state index < -0.39 is 23.6 Å². The molecule has 1 N–H and O–H groups in total. The molecule has 1 aromatic rings. The highest BCUT2D eigenvalue weighted by molar-refractivity contribution is 6.30. The number of carboxylic acids is 1. The molecule has 0 saturated carbocycles. The van der Waals surface area contributed by atoms with Gasteiger partial charge in [-0.3, -0.25) is 4.79 Å². The first-order valence-corrected chi connectivity index (χ1v) is 5.81. The molecule has 0 fully saturated rings. The summed E-state index contributed by atoms with van der Waals surface area (Å²) in [6.07, 6.45) is -4.54. The predicted molar refractivity (Wildman–Crippen MR) is 66.5 cm³/mol. The van der Waals surface area contributed by atoms with Crippen LogP contribution >= 0.6 is 11.6 Å². The number of nitrogens with zero attached hydrogens (tertiary/aromatic N) is 1. The molecule has 3 nitrogen and oxygen atoms in total. The van der Waals surface area contributed by atoms with Gasteiger partial charge in [0, 0.05) is 24.3 Å². The Labute approximate surface area is 113 Å². The summed E-state index contributed by atoms with van der Waals surface area (Å²) in [5.41, 5.74) is -0.968. The van der Waals surface area contributed by atoms with Gasteiger partial charge in [0.1, 0.15) is 0 Å². The highest BCUT2D eigenvalue weighted by Gasteiger charge is 2.35. The topological polar surface area (TPSA) is 40.5 Å². The second-order valence-electron chi connectivity index (χ2n) is 4.28. The van der Waals surface area contributed by atoms with Crippen molar-refractivity contribution in [3.63, 3.8) is 0 Å². The van der Waals surface area contributed by atoms with Crippen LogP contribution in [-0.4, -0.2) is 24.7 Å². The van der Waals surface area contributed by atoms with E-state index in [1.807, 2.05) is 0 Å². The van der Waals surface area contributed by atoms with Crippen LogP contribution in [0.25, 0.3) is 0 Å². The minimum absolute atomic E-state index is 0.0178. The summed E-state index contributed by atoms with van der Waals surface area (Å²) in [6, 6.07) is 3.41. The number of alkyl halides is 3. The first-order valence-electron chi connectivity index (χ1n) is 5.43. The fourth-order valence-electron chi connectivity index (χ4n) is 1.66. The Morgan fingerprint density at radius 1 is 1.47 bits per heavy atom. The van der Waals surface area contributed by atoms with E-state index in [2.05, 4.69) is 0 Å². The fraction of sp³-hybridized carbons (Fsp3) is 0.417. The molecular formula is C12H13ClF3NO2. The van der Waals surface area contributed by atoms with Crippen molar-refractivity contribution in [1.29, 1.82) is 0 Å². The van der Waals surface area contributed by atoms with Crippen LogP contribution in [0.3, 0.4) is 0 Å². The number of rotatable bonds is 4. The molecule has 1 unspecified atom stereocenters. The van der Waals surface area contributed by atoms with Gasteiger partial charge in [-0.1, -0.05) is 18.5 Å². The Morgan fingerprint density at radius 3 is 2.53 bits per heavy atom. The molecule has 0 radical (unpaired) electrons. The molecule has 1 aromatic carbocycles. The smallest absolute Gasteiger partial charge is 0.418 e. The van der Waals surface area contributed by atoms with Crippen molar-refractivity contribution in [2.75, 3.05) is 18.5 Å². The molecule has 7 heteroatoms. The molecule has 1 atom stereocenters. The van der Waals surface area contributed by atoms with Crippen LogP contribution < -0.4 is 4.90 Å². The number of benzene rings is 1. The van der Waals surface area contributed by atoms with Gasteiger partial charge >= 0.3 is 12.1 Å². The lowest BCUT2D eigenvalue weighted by atomic mass is 10.1. The molecule has 0 aliphatic rings. The minimum atomic E-state index is -4.54. The van der Waals surface area contributed by atoms with Crippen molar-refractivity contribution >= 4 is 23.3 Å². The van der Waals surface area contributed by atoms with Crippen LogP contribution in [0.5, 0.6) is 0 Å². The third-order valence-electron chi connectivity index (χ3n) is 2.64. The van der Waals surface area contributed by atoms with Crippen molar-refractivity contribution in [3.8, 4) is 0 Å². The highest BCUT2D eigenvalue weighted by Crippen LogP contribution is 2.38. The van der Waals surface area contributed by atoms with Crippen molar-refractivity contribution in [2.24, 2.45) is 5.92 Å². The number of carboxylic acid groups (broad SMARTS) is 1. The van der Waals surface area contributed by atoms with E-state index in [1.165, 1.54) is 31.0 Å². The number of anilines is 1. The van der Waals surface area contributed by atoms with Gasteiger partial charge in [0.15, 0.2) is 0 Å². The number of hydrogen-bond acceptors (Lipinski definition) is 2. The van der Waals surface area contributed by atoms with Gasteiger partial charge < -0.3 is 10.0 Å². The third-order valence-corrected chi connectivity index (χ3v) is 2.88. The average Bonchev–Trinajstić information content (AvgIpc) is 2.27. The van der Waals surface area contributed by atoms with Gasteiger partial charge in [0.25, 0.3) is 0 Å². The first-order chi connectivity index (χ1) is 8.62. The van der Waals surface area contributed by atoms with E-state index in [0.29, 0.717) is 0 Å². The lowest BCUT2D eigenvalue weighted by Gasteiger charge is -2.25. The van der Waals surface area contributed by atoms with Gasteiger partial charge in [-0.2, -0.15) is 13.2 Å². The molecular weight excluding hydrogens is 283 g/mol. The van der Waals surface area contributed by atoms with Crippen LogP contribution in [0.2, 0.25) is 5.02 Å². The summed E-state index contributed by atoms with van der Waals surface area (Å²) in [7, 11) is 1.41. The third kappa shape index (κ3) is 4.02. The summed E-state index contributed by atoms with van der Waals surface area (Å²) in [4.78, 5) is 12.0. The molecule has 0 amide bonds. The van der Waals surface area contributed by atoms with E-state index in [4.69, 9.17) is 16.7 Å². The van der Waals surface area contributed by atoms with Crippen molar-refractivity contribution in [1.82, 2.24) is 0 Å². The SMILES string of the molecule is CC(CN(C)c1ccc(Cl)cc1C(F)(F)F)C(=O)O. The summed E-state index contributed by atoms with van der Waals surface area (Å²) < 4.78 is 38.6. The summed E-state index contributed by atoms with van der Waals surface area (Å²) in [5, 5.41) is 8.76. The second-order valence-corrected chi connectivity index (χ2v) is 4.72. The second kappa shape index (κ2) is 5.69. The lowest BCUT2D eigenvalue weighted by molar-refractivity contribution is -0.140. The van der Waals surface area contributed by atoms with Crippen LogP contribution in [0.1, 0.15) is 12.5 Å². The quantitative estimate of drug-likeness (QED) is 0.924. The zero-order valence-corrected chi connectivity index (χ0v) is 11.1. The van der Waals surface area contributed by atoms with Gasteiger partial charge in [-0.15, -0.1) is 0 Å². The molecule has 0 spiro atoms. The molecule has 0 saturated heterocycles. The minimum Gasteiger partial charge on any atom is -0.481 e. The van der Waals surface area contributed by atoms with Gasteiger partial charge in [0.2, 0.25) is 0 Å². The van der Waals surface area contributed by atoms with Crippen LogP contribution in [0.4, 0.5) is 18.9 Å². The van der Waals surface area contributed by atoms with Gasteiger partial charge in [0.05, 0.1) is 11.5 Å². The highest BCUT2D eigenvalue weighted by atomic mass is 35.5. The molecule has 0 aliphatic carbocycles. The number of halogens is 4. The van der Waals surface area contributed by atoms with Crippen LogP contribution in [0.15, 0.2) is 18.2 Å². The van der Waals surface area contributed by atoms with Crippen LogP contribution in [0, 0.1) is 5.92 Å². The molecule has 106 valence electrons. The maximum atomic E-state index is 12.9. The largest absolute Gasteiger partial charge is 0.481 e. The van der Waals surface area contributed by atoms with Crippen molar-refractivity contribution < 1.29 is 23.1 Å². The standard InChI is InChI=1S/C12H13ClF3NO2/c1-7(11(18)19)6-17(2)10-4-3-8(13)5-9(10)12(14,15)16/h3-5,7H,6H2,1-2H3,(H,18,19). The Kier molecular flexibility index (Phi) is 4.68. The summed E-state index contributed by atoms with van der Waals surface area (Å²) >= 11 is 5.57. The maximum absolute atomic E-state index is 12.9. The van der Waals surface area contributed by atoms with E-state index in [0.717, 1.165) is 6.07 Å². The summed E-state index contributed by atoms with van der Waals surface area (Å²) in [6.45, 7) is 1.40. The normalized spacial score (nSPS) is 13.2. The van der Waals surface area contributed by atoms with Gasteiger partial charge in [-0.25, -0.2) is 0 Å². The molecule has 0 heterocycles. The van der Waals surface area contributed by atoms with E-state index in [-0.39, 0.29) is 17.3 Å². The molecule has 0 aliphatic heterocycles. The van der Waals surface area contributed by atoms with Crippen molar-refractivity contribution in [2.45, 2.75) is 13.1 Å². The Bertz CT molecular complexity index is 477. The van der Waals surface area contributed by atoms with E-state index in [1.54, 1.807) is 0 Å². The number of aliphatic carboxylic acids is 1. The van der Waals surface area contributed by atoms with E-state index >= 15 is 0 Å². The first kappa shape index (κ1) is 15.6. The van der Waals surface area contributed by atoms with Gasteiger partial charge in [-0.05, 0) is 18.2 Å². The monoisotopic (exact) mass is 295 g/mol.